The first kappa shape index (κ1) is 19.7. The van der Waals surface area contributed by atoms with Crippen LogP contribution in [-0.2, 0) is 16.6 Å². The van der Waals surface area contributed by atoms with Crippen molar-refractivity contribution in [3.8, 4) is 0 Å². The van der Waals surface area contributed by atoms with Gasteiger partial charge in [0.25, 0.3) is 0 Å². The van der Waals surface area contributed by atoms with Crippen molar-refractivity contribution in [2.75, 3.05) is 19.6 Å². The Morgan fingerprint density at radius 3 is 2.67 bits per heavy atom. The maximum atomic E-state index is 12.9. The fraction of sp³-hybridized carbons (Fsp3) is 0.381. The summed E-state index contributed by atoms with van der Waals surface area (Å²) in [5.41, 5.74) is 1.52. The Hall–Kier alpha value is -2.02. The van der Waals surface area contributed by atoms with Gasteiger partial charge in [0, 0.05) is 25.2 Å². The number of carbonyl (C=O) groups excluding carboxylic acids is 1. The van der Waals surface area contributed by atoms with E-state index in [1.54, 1.807) is 22.5 Å². The van der Waals surface area contributed by atoms with Crippen LogP contribution >= 0.6 is 0 Å². The third-order valence-corrected chi connectivity index (χ3v) is 6.73. The molecule has 2 aromatic rings. The van der Waals surface area contributed by atoms with Gasteiger partial charge in [-0.05, 0) is 36.5 Å². The molecule has 0 amide bonds. The van der Waals surface area contributed by atoms with Crippen LogP contribution in [-0.4, -0.2) is 38.1 Å². The maximum absolute atomic E-state index is 12.9. The van der Waals surface area contributed by atoms with Crippen molar-refractivity contribution in [1.82, 2.24) is 9.62 Å². The minimum atomic E-state index is -3.55. The highest BCUT2D eigenvalue weighted by Crippen LogP contribution is 2.24. The van der Waals surface area contributed by atoms with Gasteiger partial charge in [0.2, 0.25) is 10.0 Å². The number of hydrogen-bond acceptors (Lipinski definition) is 4. The van der Waals surface area contributed by atoms with Crippen molar-refractivity contribution in [3.05, 3.63) is 65.7 Å². The number of piperidine rings is 1. The molecular weight excluding hydrogens is 360 g/mol. The monoisotopic (exact) mass is 386 g/mol. The van der Waals surface area contributed by atoms with Crippen molar-refractivity contribution in [3.63, 3.8) is 0 Å². The lowest BCUT2D eigenvalue weighted by molar-refractivity contribution is 0.0990. The number of nitrogens with one attached hydrogen (secondary N) is 1. The molecule has 3 rings (SSSR count). The Labute approximate surface area is 161 Å². The number of ketones is 1. The van der Waals surface area contributed by atoms with E-state index in [1.807, 2.05) is 30.3 Å². The van der Waals surface area contributed by atoms with Crippen LogP contribution in [0.25, 0.3) is 0 Å². The van der Waals surface area contributed by atoms with Crippen molar-refractivity contribution in [1.29, 1.82) is 0 Å². The number of sulfonamides is 1. The van der Waals surface area contributed by atoms with Crippen molar-refractivity contribution in [2.24, 2.45) is 5.92 Å². The van der Waals surface area contributed by atoms with Gasteiger partial charge in [0.15, 0.2) is 5.78 Å². The van der Waals surface area contributed by atoms with Gasteiger partial charge in [-0.2, -0.15) is 4.31 Å². The summed E-state index contributed by atoms with van der Waals surface area (Å²) < 4.78 is 27.4. The number of hydrogen-bond donors (Lipinski definition) is 1. The quantitative estimate of drug-likeness (QED) is 0.743. The lowest BCUT2D eigenvalue weighted by atomic mass is 10.0. The van der Waals surface area contributed by atoms with E-state index in [1.165, 1.54) is 6.07 Å². The third-order valence-electron chi connectivity index (χ3n) is 4.87. The Morgan fingerprint density at radius 1 is 1.15 bits per heavy atom. The first-order chi connectivity index (χ1) is 13.0. The van der Waals surface area contributed by atoms with E-state index in [0.29, 0.717) is 31.1 Å². The summed E-state index contributed by atoms with van der Waals surface area (Å²) in [5, 5.41) is 3.12. The predicted octanol–water partition coefficient (Wildman–Crippen LogP) is 3.08. The maximum Gasteiger partial charge on any atom is 0.243 e. The molecule has 1 saturated heterocycles. The topological polar surface area (TPSA) is 66.5 Å². The second-order valence-electron chi connectivity index (χ2n) is 7.15. The number of rotatable bonds is 7. The molecule has 1 atom stereocenters. The zero-order valence-corrected chi connectivity index (χ0v) is 16.4. The van der Waals surface area contributed by atoms with Gasteiger partial charge in [0.05, 0.1) is 11.4 Å². The molecule has 1 unspecified atom stereocenters. The lowest BCUT2D eigenvalue weighted by Crippen LogP contribution is -2.39. The van der Waals surface area contributed by atoms with Crippen LogP contribution in [0.2, 0.25) is 0 Å². The minimum absolute atomic E-state index is 0.116. The molecular formula is C21H26N2O3S. The summed E-state index contributed by atoms with van der Waals surface area (Å²) in [5.74, 6) is 0.246. The molecule has 0 spiro atoms. The van der Waals surface area contributed by atoms with Crippen LogP contribution in [0, 0.1) is 5.92 Å². The molecule has 144 valence electrons. The van der Waals surface area contributed by atoms with E-state index in [-0.39, 0.29) is 17.2 Å². The van der Waals surface area contributed by atoms with Gasteiger partial charge >= 0.3 is 0 Å². The first-order valence-corrected chi connectivity index (χ1v) is 10.8. The van der Waals surface area contributed by atoms with Crippen LogP contribution in [0.15, 0.2) is 59.5 Å². The van der Waals surface area contributed by atoms with E-state index < -0.39 is 10.0 Å². The van der Waals surface area contributed by atoms with Gasteiger partial charge < -0.3 is 5.32 Å². The average molecular weight is 387 g/mol. The highest BCUT2D eigenvalue weighted by atomic mass is 32.2. The highest BCUT2D eigenvalue weighted by molar-refractivity contribution is 7.89. The Bertz CT molecular complexity index is 881. The SMILES string of the molecule is CC1CCCN(S(=O)(=O)c2cccc(C(=O)CNCc3ccccc3)c2)C1. The summed E-state index contributed by atoms with van der Waals surface area (Å²) in [4.78, 5) is 12.7. The molecule has 1 aliphatic heterocycles. The van der Waals surface area contributed by atoms with E-state index in [2.05, 4.69) is 12.2 Å². The molecule has 0 aromatic heterocycles. The van der Waals surface area contributed by atoms with Crippen molar-refractivity contribution < 1.29 is 13.2 Å². The number of carbonyl (C=O) groups is 1. The summed E-state index contributed by atoms with van der Waals surface area (Å²) in [6, 6.07) is 16.2. The summed E-state index contributed by atoms with van der Waals surface area (Å²) in [6.45, 7) is 3.91. The molecule has 2 aromatic carbocycles. The second-order valence-corrected chi connectivity index (χ2v) is 9.09. The number of Topliss-reactive ketones (excluding diaryl/α,β-unsaturated/α-hetero) is 1. The molecule has 27 heavy (non-hydrogen) atoms. The van der Waals surface area contributed by atoms with Crippen molar-refractivity contribution >= 4 is 15.8 Å². The minimum Gasteiger partial charge on any atom is -0.306 e. The number of benzene rings is 2. The largest absolute Gasteiger partial charge is 0.306 e. The second kappa shape index (κ2) is 8.78. The summed E-state index contributed by atoms with van der Waals surface area (Å²) in [6.07, 6.45) is 1.93. The first-order valence-electron chi connectivity index (χ1n) is 9.35. The third kappa shape index (κ3) is 5.03. The fourth-order valence-electron chi connectivity index (χ4n) is 3.36. The molecule has 0 radical (unpaired) electrons. The van der Waals surface area contributed by atoms with Crippen LogP contribution in [0.5, 0.6) is 0 Å². The van der Waals surface area contributed by atoms with E-state index >= 15 is 0 Å². The Kier molecular flexibility index (Phi) is 6.42. The molecule has 0 bridgehead atoms. The molecule has 1 heterocycles. The molecule has 1 aliphatic rings. The predicted molar refractivity (Wildman–Crippen MR) is 106 cm³/mol. The number of nitrogens with zero attached hydrogens (tertiary/aromatic N) is 1. The van der Waals surface area contributed by atoms with Crippen LogP contribution in [0.1, 0.15) is 35.7 Å². The zero-order chi connectivity index (χ0) is 19.3. The fourth-order valence-corrected chi connectivity index (χ4v) is 5.01. The summed E-state index contributed by atoms with van der Waals surface area (Å²) in [7, 11) is -3.55. The standard InChI is InChI=1S/C21H26N2O3S/c1-17-7-6-12-23(16-17)27(25,26)20-11-5-10-19(13-20)21(24)15-22-14-18-8-3-2-4-9-18/h2-5,8-11,13,17,22H,6-7,12,14-16H2,1H3. The molecule has 6 heteroatoms. The van der Waals surface area contributed by atoms with Crippen molar-refractivity contribution in [2.45, 2.75) is 31.2 Å². The van der Waals surface area contributed by atoms with E-state index in [9.17, 15) is 13.2 Å². The normalized spacial score (nSPS) is 18.3. The van der Waals surface area contributed by atoms with Gasteiger partial charge in [-0.3, -0.25) is 4.79 Å². The summed E-state index contributed by atoms with van der Waals surface area (Å²) >= 11 is 0. The average Bonchev–Trinajstić information content (AvgIpc) is 2.69. The highest BCUT2D eigenvalue weighted by Gasteiger charge is 2.29. The van der Waals surface area contributed by atoms with E-state index in [4.69, 9.17) is 0 Å². The Balaban J connectivity index is 1.66. The van der Waals surface area contributed by atoms with Crippen LogP contribution < -0.4 is 5.32 Å². The molecule has 1 fully saturated rings. The van der Waals surface area contributed by atoms with Crippen LogP contribution in [0.3, 0.4) is 0 Å². The molecule has 0 aliphatic carbocycles. The smallest absolute Gasteiger partial charge is 0.243 e. The van der Waals surface area contributed by atoms with Gasteiger partial charge in [-0.1, -0.05) is 49.4 Å². The van der Waals surface area contributed by atoms with Gasteiger partial charge in [0.1, 0.15) is 0 Å². The zero-order valence-electron chi connectivity index (χ0n) is 15.6. The Morgan fingerprint density at radius 2 is 1.93 bits per heavy atom. The molecule has 1 N–H and O–H groups in total. The van der Waals surface area contributed by atoms with Gasteiger partial charge in [-0.25, -0.2) is 8.42 Å². The van der Waals surface area contributed by atoms with E-state index in [0.717, 1.165) is 18.4 Å². The molecule has 0 saturated carbocycles. The van der Waals surface area contributed by atoms with Crippen LogP contribution in [0.4, 0.5) is 0 Å². The lowest BCUT2D eigenvalue weighted by Gasteiger charge is -2.30. The van der Waals surface area contributed by atoms with Gasteiger partial charge in [-0.15, -0.1) is 0 Å². The molecule has 5 nitrogen and oxygen atoms in total.